The molecule has 1 aromatic rings. The molecule has 6 heteroatoms. The second-order valence-electron chi connectivity index (χ2n) is 14.9. The normalized spacial score (nSPS) is 42.4. The molecule has 0 amide bonds. The number of rotatable bonds is 5. The zero-order chi connectivity index (χ0) is 26.1. The average molecular weight is 498 g/mol. The highest BCUT2D eigenvalue weighted by Gasteiger charge is 2.61. The number of ketones is 2. The lowest BCUT2D eigenvalue weighted by Crippen LogP contribution is -2.55. The van der Waals surface area contributed by atoms with Crippen molar-refractivity contribution in [2.75, 3.05) is 0 Å². The Kier molecular flexibility index (Phi) is 6.33. The molecule has 4 aliphatic rings. The van der Waals surface area contributed by atoms with Crippen LogP contribution < -0.4 is 0 Å². The van der Waals surface area contributed by atoms with Crippen LogP contribution in [-0.2, 0) is 11.3 Å². The number of carbonyl (C=O) groups excluding carboxylic acids is 2. The van der Waals surface area contributed by atoms with Crippen molar-refractivity contribution < 1.29 is 14.7 Å². The SMILES string of the molecule is CC(C)(C)CC(=O)c1cnn(CC(=O)[C@H]2CC[C@H]3[C@@H]4CC[C@@H]5C[C@](C)(O)CC[C@]5(C)[C@H]4CC[C@]23C)n1. The van der Waals surface area contributed by atoms with Crippen LogP contribution in [0.1, 0.15) is 116 Å². The summed E-state index contributed by atoms with van der Waals surface area (Å²) >= 11 is 0. The summed E-state index contributed by atoms with van der Waals surface area (Å²) in [4.78, 5) is 27.6. The zero-order valence-electron chi connectivity index (χ0n) is 23.3. The third-order valence-electron chi connectivity index (χ3n) is 11.2. The van der Waals surface area contributed by atoms with Crippen LogP contribution in [0.5, 0.6) is 0 Å². The number of aromatic nitrogens is 3. The molecular formula is C30H47N3O3. The van der Waals surface area contributed by atoms with Gasteiger partial charge in [-0.1, -0.05) is 34.6 Å². The molecule has 1 N–H and O–H groups in total. The Morgan fingerprint density at radius 1 is 1.00 bits per heavy atom. The van der Waals surface area contributed by atoms with Gasteiger partial charge in [-0.2, -0.15) is 9.90 Å². The Bertz CT molecular complexity index is 1020. The topological polar surface area (TPSA) is 85.1 Å². The van der Waals surface area contributed by atoms with E-state index in [1.807, 2.05) is 27.7 Å². The lowest BCUT2D eigenvalue weighted by Gasteiger charge is -2.61. The van der Waals surface area contributed by atoms with Crippen LogP contribution in [0, 0.1) is 45.8 Å². The molecule has 0 aliphatic heterocycles. The maximum atomic E-state index is 13.6. The van der Waals surface area contributed by atoms with Crippen LogP contribution in [0.2, 0.25) is 0 Å². The van der Waals surface area contributed by atoms with Crippen molar-refractivity contribution in [3.8, 4) is 0 Å². The van der Waals surface area contributed by atoms with E-state index in [1.165, 1.54) is 30.3 Å². The molecule has 0 spiro atoms. The van der Waals surface area contributed by atoms with E-state index >= 15 is 0 Å². The predicted molar refractivity (Wildman–Crippen MR) is 139 cm³/mol. The molecule has 0 aromatic carbocycles. The molecule has 1 heterocycles. The van der Waals surface area contributed by atoms with Gasteiger partial charge in [-0.15, -0.1) is 5.10 Å². The van der Waals surface area contributed by atoms with E-state index in [9.17, 15) is 14.7 Å². The van der Waals surface area contributed by atoms with Crippen molar-refractivity contribution >= 4 is 11.6 Å². The van der Waals surface area contributed by atoms with Crippen molar-refractivity contribution in [3.05, 3.63) is 11.9 Å². The largest absolute Gasteiger partial charge is 0.390 e. The summed E-state index contributed by atoms with van der Waals surface area (Å²) in [6.45, 7) is 13.2. The molecule has 5 rings (SSSR count). The first-order valence-corrected chi connectivity index (χ1v) is 14.4. The number of Topliss-reactive ketones (excluding diaryl/α,β-unsaturated/α-hetero) is 2. The lowest BCUT2D eigenvalue weighted by atomic mass is 9.44. The standard InChI is InChI=1S/C30H47N3O3/c1-27(2,3)16-25(34)24-17-31-33(32-24)18-26(35)23-10-9-21-20-8-7-19-15-28(4,36)13-14-29(19,5)22(20)11-12-30(21,23)6/h17,19-23,36H,7-16,18H2,1-6H3/t19-,20+,21+,22+,23-,28-,29+,30+/m1/s1. The number of fused-ring (bicyclic) bond motifs is 5. The number of hydrogen-bond acceptors (Lipinski definition) is 5. The number of nitrogens with zero attached hydrogens (tertiary/aromatic N) is 3. The van der Waals surface area contributed by atoms with Gasteiger partial charge >= 0.3 is 0 Å². The van der Waals surface area contributed by atoms with Crippen LogP contribution in [0.15, 0.2) is 6.20 Å². The number of hydrogen-bond donors (Lipinski definition) is 1. The first kappa shape index (κ1) is 26.1. The molecule has 4 fully saturated rings. The summed E-state index contributed by atoms with van der Waals surface area (Å²) in [6, 6.07) is 0. The van der Waals surface area contributed by atoms with Crippen molar-refractivity contribution in [3.63, 3.8) is 0 Å². The molecule has 0 unspecified atom stereocenters. The molecule has 0 radical (unpaired) electrons. The summed E-state index contributed by atoms with van der Waals surface area (Å²) < 4.78 is 0. The van der Waals surface area contributed by atoms with Crippen molar-refractivity contribution in [1.82, 2.24) is 15.0 Å². The van der Waals surface area contributed by atoms with Crippen LogP contribution in [0.4, 0.5) is 0 Å². The molecule has 36 heavy (non-hydrogen) atoms. The van der Waals surface area contributed by atoms with Gasteiger partial charge in [0, 0.05) is 12.3 Å². The molecular weight excluding hydrogens is 450 g/mol. The van der Waals surface area contributed by atoms with Crippen LogP contribution in [-0.4, -0.2) is 37.3 Å². The van der Waals surface area contributed by atoms with Crippen molar-refractivity contribution in [2.24, 2.45) is 45.8 Å². The second kappa shape index (κ2) is 8.74. The fourth-order valence-electron chi connectivity index (χ4n) is 9.28. The predicted octanol–water partition coefficient (Wildman–Crippen LogP) is 5.88. The summed E-state index contributed by atoms with van der Waals surface area (Å²) in [7, 11) is 0. The van der Waals surface area contributed by atoms with Crippen LogP contribution in [0.25, 0.3) is 0 Å². The van der Waals surface area contributed by atoms with Gasteiger partial charge in [0.1, 0.15) is 12.2 Å². The highest BCUT2D eigenvalue weighted by atomic mass is 16.3. The Balaban J connectivity index is 1.27. The van der Waals surface area contributed by atoms with Gasteiger partial charge in [-0.3, -0.25) is 9.59 Å². The molecule has 0 bridgehead atoms. The molecule has 0 saturated heterocycles. The maximum absolute atomic E-state index is 13.6. The zero-order valence-corrected chi connectivity index (χ0v) is 23.3. The third-order valence-corrected chi connectivity index (χ3v) is 11.2. The average Bonchev–Trinajstić information content (AvgIpc) is 3.37. The monoisotopic (exact) mass is 497 g/mol. The van der Waals surface area contributed by atoms with E-state index in [2.05, 4.69) is 24.0 Å². The van der Waals surface area contributed by atoms with Gasteiger partial charge in [0.2, 0.25) is 0 Å². The van der Waals surface area contributed by atoms with E-state index in [-0.39, 0.29) is 34.9 Å². The summed E-state index contributed by atoms with van der Waals surface area (Å²) in [5.41, 5.74) is 0.158. The summed E-state index contributed by atoms with van der Waals surface area (Å²) in [6.07, 6.45) is 11.9. The fraction of sp³-hybridized carbons (Fsp3) is 0.867. The minimum absolute atomic E-state index is 0.0132. The number of carbonyl (C=O) groups is 2. The molecule has 1 aromatic heterocycles. The van der Waals surface area contributed by atoms with Gasteiger partial charge in [0.15, 0.2) is 11.6 Å². The summed E-state index contributed by atoms with van der Waals surface area (Å²) in [5, 5.41) is 19.4. The molecule has 6 nitrogen and oxygen atoms in total. The fourth-order valence-corrected chi connectivity index (χ4v) is 9.28. The summed E-state index contributed by atoms with van der Waals surface area (Å²) in [5.74, 6) is 2.95. The Hall–Kier alpha value is -1.56. The first-order chi connectivity index (χ1) is 16.7. The highest BCUT2D eigenvalue weighted by Crippen LogP contribution is 2.68. The van der Waals surface area contributed by atoms with E-state index in [4.69, 9.17) is 0 Å². The Morgan fingerprint density at radius 2 is 1.72 bits per heavy atom. The quantitative estimate of drug-likeness (QED) is 0.514. The van der Waals surface area contributed by atoms with Gasteiger partial charge in [0.05, 0.1) is 11.8 Å². The van der Waals surface area contributed by atoms with Gasteiger partial charge < -0.3 is 5.11 Å². The Labute approximate surface area is 217 Å². The van der Waals surface area contributed by atoms with Crippen LogP contribution >= 0.6 is 0 Å². The Morgan fingerprint density at radius 3 is 2.44 bits per heavy atom. The molecule has 8 atom stereocenters. The molecule has 4 aliphatic carbocycles. The van der Waals surface area contributed by atoms with Crippen molar-refractivity contribution in [2.45, 2.75) is 118 Å². The minimum Gasteiger partial charge on any atom is -0.390 e. The highest BCUT2D eigenvalue weighted by molar-refractivity contribution is 5.94. The van der Waals surface area contributed by atoms with Gasteiger partial charge in [-0.25, -0.2) is 0 Å². The maximum Gasteiger partial charge on any atom is 0.185 e. The molecule has 200 valence electrons. The smallest absolute Gasteiger partial charge is 0.185 e. The minimum atomic E-state index is -0.497. The van der Waals surface area contributed by atoms with Gasteiger partial charge in [0.25, 0.3) is 0 Å². The van der Waals surface area contributed by atoms with E-state index < -0.39 is 5.60 Å². The van der Waals surface area contributed by atoms with E-state index in [0.29, 0.717) is 35.3 Å². The van der Waals surface area contributed by atoms with Crippen molar-refractivity contribution in [1.29, 1.82) is 0 Å². The van der Waals surface area contributed by atoms with E-state index in [1.54, 1.807) is 0 Å². The number of aliphatic hydroxyl groups is 1. The second-order valence-corrected chi connectivity index (χ2v) is 14.9. The third kappa shape index (κ3) is 4.50. The lowest BCUT2D eigenvalue weighted by molar-refractivity contribution is -0.151. The molecule has 4 saturated carbocycles. The van der Waals surface area contributed by atoms with Crippen LogP contribution in [0.3, 0.4) is 0 Å². The van der Waals surface area contributed by atoms with Gasteiger partial charge in [-0.05, 0) is 105 Å². The first-order valence-electron chi connectivity index (χ1n) is 14.4. The van der Waals surface area contributed by atoms with E-state index in [0.717, 1.165) is 44.4 Å².